The standard InChI is InChI=1S/C23H24N4O4S/c1-23-12-10-21(30)27(23)17-8-4-2-6-15(17)22(31)26(23)13-11-20(29)25-16-7-3-5-9-18(16)32-14-19(24)28/h2-9H,10-14H2,1H3,(H2,24,28)(H,25,29). The van der Waals surface area contributed by atoms with E-state index in [1.54, 1.807) is 46.2 Å². The van der Waals surface area contributed by atoms with E-state index in [0.717, 1.165) is 4.90 Å². The van der Waals surface area contributed by atoms with Gasteiger partial charge in [-0.15, -0.1) is 11.8 Å². The molecule has 8 nitrogen and oxygen atoms in total. The molecule has 2 aromatic rings. The predicted molar refractivity (Wildman–Crippen MR) is 122 cm³/mol. The fourth-order valence-corrected chi connectivity index (χ4v) is 5.06. The Morgan fingerprint density at radius 3 is 2.62 bits per heavy atom. The van der Waals surface area contributed by atoms with Crippen LogP contribution in [0, 0.1) is 0 Å². The van der Waals surface area contributed by atoms with Crippen LogP contribution in [0.25, 0.3) is 0 Å². The highest BCUT2D eigenvalue weighted by molar-refractivity contribution is 8.00. The average molecular weight is 453 g/mol. The van der Waals surface area contributed by atoms with E-state index in [9.17, 15) is 19.2 Å². The van der Waals surface area contributed by atoms with Gasteiger partial charge in [0.25, 0.3) is 5.91 Å². The van der Waals surface area contributed by atoms with Crippen LogP contribution in [-0.2, 0) is 14.4 Å². The molecule has 2 heterocycles. The number of nitrogens with two attached hydrogens (primary N) is 1. The molecule has 1 unspecified atom stereocenters. The van der Waals surface area contributed by atoms with Gasteiger partial charge in [0.2, 0.25) is 17.7 Å². The first-order valence-corrected chi connectivity index (χ1v) is 11.3. The summed E-state index contributed by atoms with van der Waals surface area (Å²) < 4.78 is 0. The lowest BCUT2D eigenvalue weighted by Crippen LogP contribution is -2.62. The molecule has 0 radical (unpaired) electrons. The molecule has 4 amide bonds. The third-order valence-electron chi connectivity index (χ3n) is 5.84. The molecule has 2 aromatic carbocycles. The lowest BCUT2D eigenvalue weighted by Gasteiger charge is -2.48. The number of benzene rings is 2. The van der Waals surface area contributed by atoms with Crippen molar-refractivity contribution in [2.24, 2.45) is 5.73 Å². The van der Waals surface area contributed by atoms with Gasteiger partial charge in [0, 0.05) is 24.3 Å². The zero-order chi connectivity index (χ0) is 22.9. The van der Waals surface area contributed by atoms with Crippen molar-refractivity contribution in [2.75, 3.05) is 22.5 Å². The maximum absolute atomic E-state index is 13.3. The molecule has 4 rings (SSSR count). The van der Waals surface area contributed by atoms with E-state index in [4.69, 9.17) is 5.73 Å². The Kier molecular flexibility index (Phi) is 5.92. The first-order valence-electron chi connectivity index (χ1n) is 10.4. The zero-order valence-corrected chi connectivity index (χ0v) is 18.5. The number of para-hydroxylation sites is 2. The Morgan fingerprint density at radius 2 is 1.84 bits per heavy atom. The summed E-state index contributed by atoms with van der Waals surface area (Å²) in [5.74, 6) is -0.801. The van der Waals surface area contributed by atoms with Gasteiger partial charge >= 0.3 is 0 Å². The normalized spacial score (nSPS) is 19.5. The van der Waals surface area contributed by atoms with Crippen LogP contribution in [0.3, 0.4) is 0 Å². The van der Waals surface area contributed by atoms with Gasteiger partial charge in [-0.2, -0.15) is 0 Å². The molecule has 0 bridgehead atoms. The van der Waals surface area contributed by atoms with Crippen LogP contribution in [0.2, 0.25) is 0 Å². The highest BCUT2D eigenvalue weighted by atomic mass is 32.2. The van der Waals surface area contributed by atoms with Crippen LogP contribution in [0.4, 0.5) is 11.4 Å². The summed E-state index contributed by atoms with van der Waals surface area (Å²) in [5.41, 5.74) is 6.11. The molecule has 1 atom stereocenters. The Labute approximate surface area is 190 Å². The van der Waals surface area contributed by atoms with Gasteiger partial charge in [0.1, 0.15) is 5.66 Å². The predicted octanol–water partition coefficient (Wildman–Crippen LogP) is 2.59. The van der Waals surface area contributed by atoms with E-state index in [2.05, 4.69) is 5.32 Å². The maximum atomic E-state index is 13.3. The average Bonchev–Trinajstić information content (AvgIpc) is 3.08. The number of primary amides is 1. The minimum atomic E-state index is -0.794. The van der Waals surface area contributed by atoms with Gasteiger partial charge in [-0.1, -0.05) is 24.3 Å². The minimum Gasteiger partial charge on any atom is -0.369 e. The van der Waals surface area contributed by atoms with E-state index in [0.29, 0.717) is 29.8 Å². The zero-order valence-electron chi connectivity index (χ0n) is 17.7. The van der Waals surface area contributed by atoms with E-state index in [1.165, 1.54) is 11.8 Å². The SMILES string of the molecule is CC12CCC(=O)N1c1ccccc1C(=O)N2CCC(=O)Nc1ccccc1SCC(N)=O. The summed E-state index contributed by atoms with van der Waals surface area (Å²) >= 11 is 1.25. The number of rotatable bonds is 7. The van der Waals surface area contributed by atoms with Gasteiger partial charge in [0.15, 0.2) is 0 Å². The minimum absolute atomic E-state index is 0.0256. The molecule has 0 spiro atoms. The van der Waals surface area contributed by atoms with Gasteiger partial charge in [-0.05, 0) is 37.6 Å². The van der Waals surface area contributed by atoms with E-state index >= 15 is 0 Å². The van der Waals surface area contributed by atoms with Crippen LogP contribution in [0.5, 0.6) is 0 Å². The van der Waals surface area contributed by atoms with Crippen LogP contribution in [0.15, 0.2) is 53.4 Å². The summed E-state index contributed by atoms with van der Waals surface area (Å²) in [6.45, 7) is 2.05. The highest BCUT2D eigenvalue weighted by Gasteiger charge is 2.52. The third kappa shape index (κ3) is 3.95. The Morgan fingerprint density at radius 1 is 1.12 bits per heavy atom. The molecule has 0 saturated carbocycles. The van der Waals surface area contributed by atoms with Crippen molar-refractivity contribution in [3.8, 4) is 0 Å². The molecule has 0 aliphatic carbocycles. The number of carbonyl (C=O) groups is 4. The number of nitrogens with one attached hydrogen (secondary N) is 1. The van der Waals surface area contributed by atoms with Crippen molar-refractivity contribution in [1.29, 1.82) is 0 Å². The molecular weight excluding hydrogens is 428 g/mol. The van der Waals surface area contributed by atoms with E-state index < -0.39 is 11.6 Å². The largest absolute Gasteiger partial charge is 0.369 e. The molecule has 32 heavy (non-hydrogen) atoms. The molecule has 3 N–H and O–H groups in total. The third-order valence-corrected chi connectivity index (χ3v) is 6.94. The number of carbonyl (C=O) groups excluding carboxylic acids is 4. The maximum Gasteiger partial charge on any atom is 0.257 e. The molecule has 1 saturated heterocycles. The molecule has 166 valence electrons. The van der Waals surface area contributed by atoms with Crippen molar-refractivity contribution < 1.29 is 19.2 Å². The highest BCUT2D eigenvalue weighted by Crippen LogP contribution is 2.44. The molecule has 2 aliphatic rings. The number of thioether (sulfide) groups is 1. The van der Waals surface area contributed by atoms with Crippen molar-refractivity contribution in [2.45, 2.75) is 36.7 Å². The quantitative estimate of drug-likeness (QED) is 0.627. The van der Waals surface area contributed by atoms with E-state index in [-0.39, 0.29) is 36.4 Å². The summed E-state index contributed by atoms with van der Waals surface area (Å²) in [6.07, 6.45) is 0.936. The summed E-state index contributed by atoms with van der Waals surface area (Å²) in [6, 6.07) is 14.2. The number of fused-ring (bicyclic) bond motifs is 3. The van der Waals surface area contributed by atoms with Crippen LogP contribution in [-0.4, -0.2) is 46.5 Å². The lowest BCUT2D eigenvalue weighted by molar-refractivity contribution is -0.118. The van der Waals surface area contributed by atoms with Gasteiger partial charge < -0.3 is 16.0 Å². The first kappa shape index (κ1) is 21.9. The molecule has 2 aliphatic heterocycles. The van der Waals surface area contributed by atoms with Gasteiger partial charge in [-0.3, -0.25) is 24.1 Å². The van der Waals surface area contributed by atoms with Crippen LogP contribution >= 0.6 is 11.8 Å². The second kappa shape index (κ2) is 8.66. The monoisotopic (exact) mass is 452 g/mol. The Hall–Kier alpha value is -3.33. The van der Waals surface area contributed by atoms with Crippen molar-refractivity contribution in [1.82, 2.24) is 4.90 Å². The first-order chi connectivity index (χ1) is 15.3. The lowest BCUT2D eigenvalue weighted by atomic mass is 9.98. The number of nitrogens with zero attached hydrogens (tertiary/aromatic N) is 2. The summed E-state index contributed by atoms with van der Waals surface area (Å²) in [7, 11) is 0. The molecular formula is C23H24N4O4S. The fourth-order valence-electron chi connectivity index (χ4n) is 4.31. The Bertz CT molecular complexity index is 1100. The summed E-state index contributed by atoms with van der Waals surface area (Å²) in [4.78, 5) is 53.8. The van der Waals surface area contributed by atoms with Crippen molar-refractivity contribution in [3.05, 3.63) is 54.1 Å². The van der Waals surface area contributed by atoms with Crippen molar-refractivity contribution in [3.63, 3.8) is 0 Å². The molecule has 9 heteroatoms. The second-order valence-electron chi connectivity index (χ2n) is 7.97. The summed E-state index contributed by atoms with van der Waals surface area (Å²) in [5, 5.41) is 2.86. The van der Waals surface area contributed by atoms with Crippen LogP contribution in [0.1, 0.15) is 36.5 Å². The molecule has 0 aromatic heterocycles. The Balaban J connectivity index is 1.49. The van der Waals surface area contributed by atoms with Crippen LogP contribution < -0.4 is 16.0 Å². The van der Waals surface area contributed by atoms with E-state index in [1.807, 2.05) is 19.1 Å². The number of hydrogen-bond donors (Lipinski definition) is 2. The number of anilines is 2. The smallest absolute Gasteiger partial charge is 0.257 e. The van der Waals surface area contributed by atoms with Gasteiger partial charge in [-0.25, -0.2) is 0 Å². The number of hydrogen-bond acceptors (Lipinski definition) is 5. The number of amides is 4. The second-order valence-corrected chi connectivity index (χ2v) is 8.99. The fraction of sp³-hybridized carbons (Fsp3) is 0.304. The topological polar surface area (TPSA) is 113 Å². The van der Waals surface area contributed by atoms with Crippen molar-refractivity contribution >= 4 is 46.8 Å². The van der Waals surface area contributed by atoms with Gasteiger partial charge in [0.05, 0.1) is 22.7 Å². The molecule has 1 fully saturated rings.